The second-order valence-electron chi connectivity index (χ2n) is 7.60. The normalized spacial score (nSPS) is 14.8. The topological polar surface area (TPSA) is 84.7 Å². The maximum absolute atomic E-state index is 12.9. The van der Waals surface area contributed by atoms with Gasteiger partial charge in [-0.3, -0.25) is 14.5 Å². The van der Waals surface area contributed by atoms with E-state index in [4.69, 9.17) is 27.2 Å². The van der Waals surface area contributed by atoms with Crippen LogP contribution in [0.15, 0.2) is 59.6 Å². The van der Waals surface area contributed by atoms with Crippen molar-refractivity contribution in [1.82, 2.24) is 14.7 Å². The van der Waals surface area contributed by atoms with Crippen LogP contribution in [-0.4, -0.2) is 49.1 Å². The minimum absolute atomic E-state index is 0.0472. The summed E-state index contributed by atoms with van der Waals surface area (Å²) in [4.78, 5) is 25.7. The van der Waals surface area contributed by atoms with Gasteiger partial charge in [0.1, 0.15) is 15.8 Å². The summed E-state index contributed by atoms with van der Waals surface area (Å²) in [6.45, 7) is 4.55. The van der Waals surface area contributed by atoms with Crippen molar-refractivity contribution >= 4 is 46.3 Å². The van der Waals surface area contributed by atoms with Crippen LogP contribution < -0.4 is 4.74 Å². The van der Waals surface area contributed by atoms with E-state index in [0.717, 1.165) is 28.1 Å². The van der Waals surface area contributed by atoms with E-state index in [1.165, 1.54) is 16.7 Å². The predicted molar refractivity (Wildman–Crippen MR) is 137 cm³/mol. The molecule has 1 aliphatic rings. The van der Waals surface area contributed by atoms with Crippen LogP contribution in [0.25, 0.3) is 23.0 Å². The number of rotatable bonds is 8. The van der Waals surface area contributed by atoms with Gasteiger partial charge in [-0.05, 0) is 55.8 Å². The maximum atomic E-state index is 12.9. The molecule has 1 amide bonds. The lowest BCUT2D eigenvalue weighted by Crippen LogP contribution is -2.30. The molecule has 34 heavy (non-hydrogen) atoms. The Kier molecular flexibility index (Phi) is 7.14. The zero-order valence-corrected chi connectivity index (χ0v) is 20.4. The highest BCUT2D eigenvalue weighted by atomic mass is 32.2. The number of aromatic nitrogens is 2. The fourth-order valence-corrected chi connectivity index (χ4v) is 4.89. The van der Waals surface area contributed by atoms with E-state index in [9.17, 15) is 9.59 Å². The summed E-state index contributed by atoms with van der Waals surface area (Å²) in [5.41, 5.74) is 4.24. The van der Waals surface area contributed by atoms with Crippen LogP contribution in [0.2, 0.25) is 0 Å². The van der Waals surface area contributed by atoms with E-state index >= 15 is 0 Å². The number of para-hydroxylation sites is 1. The standard InChI is InChI=1S/C25H23N3O4S2/c1-3-32-20-10-9-17(13-16(20)2)23-18(15-28(26-23)19-7-5-4-6-8-19)14-21-24(31)27(25(33)34-21)12-11-22(29)30/h4-10,13-15H,3,11-12H2,1-2H3,(H,29,30). The molecule has 1 aliphatic heterocycles. The Morgan fingerprint density at radius 3 is 2.68 bits per heavy atom. The van der Waals surface area contributed by atoms with Gasteiger partial charge in [0, 0.05) is 23.9 Å². The number of hydrogen-bond acceptors (Lipinski definition) is 6. The minimum atomic E-state index is -0.977. The van der Waals surface area contributed by atoms with Gasteiger partial charge < -0.3 is 9.84 Å². The van der Waals surface area contributed by atoms with E-state index in [1.54, 1.807) is 10.8 Å². The first-order valence-corrected chi connectivity index (χ1v) is 12.0. The monoisotopic (exact) mass is 493 g/mol. The third kappa shape index (κ3) is 5.05. The number of thiocarbonyl (C=S) groups is 1. The number of amides is 1. The van der Waals surface area contributed by atoms with Crippen molar-refractivity contribution < 1.29 is 19.4 Å². The number of nitrogens with zero attached hydrogens (tertiary/aromatic N) is 3. The summed E-state index contributed by atoms with van der Waals surface area (Å²) in [5, 5.41) is 13.8. The first-order chi connectivity index (χ1) is 16.4. The lowest BCUT2D eigenvalue weighted by Gasteiger charge is -2.12. The number of carboxylic acids is 1. The molecule has 174 valence electrons. The van der Waals surface area contributed by atoms with Crippen molar-refractivity contribution in [3.8, 4) is 22.7 Å². The van der Waals surface area contributed by atoms with Crippen LogP contribution in [0.4, 0.5) is 0 Å². The Morgan fingerprint density at radius 2 is 2.00 bits per heavy atom. The lowest BCUT2D eigenvalue weighted by molar-refractivity contribution is -0.137. The van der Waals surface area contributed by atoms with Crippen LogP contribution in [0, 0.1) is 6.92 Å². The summed E-state index contributed by atoms with van der Waals surface area (Å²) in [6, 6.07) is 15.6. The Morgan fingerprint density at radius 1 is 1.24 bits per heavy atom. The van der Waals surface area contributed by atoms with E-state index in [0.29, 0.717) is 21.5 Å². The number of ether oxygens (including phenoxy) is 1. The molecule has 7 nitrogen and oxygen atoms in total. The summed E-state index contributed by atoms with van der Waals surface area (Å²) in [5.74, 6) is -0.456. The first kappa shape index (κ1) is 23.7. The van der Waals surface area contributed by atoms with Gasteiger partial charge in [-0.25, -0.2) is 4.68 Å². The molecule has 0 saturated carbocycles. The van der Waals surface area contributed by atoms with Crippen LogP contribution in [0.5, 0.6) is 5.75 Å². The molecule has 1 saturated heterocycles. The number of benzene rings is 2. The van der Waals surface area contributed by atoms with Crippen molar-refractivity contribution in [1.29, 1.82) is 0 Å². The van der Waals surface area contributed by atoms with E-state index in [2.05, 4.69) is 0 Å². The van der Waals surface area contributed by atoms with Crippen molar-refractivity contribution in [2.24, 2.45) is 0 Å². The zero-order chi connectivity index (χ0) is 24.2. The molecule has 0 radical (unpaired) electrons. The highest BCUT2D eigenvalue weighted by Gasteiger charge is 2.32. The van der Waals surface area contributed by atoms with Crippen molar-refractivity contribution in [3.05, 3.63) is 70.8 Å². The number of thioether (sulfide) groups is 1. The number of carboxylic acid groups (broad SMARTS) is 1. The molecule has 1 fully saturated rings. The Labute approximate surface area is 207 Å². The Balaban J connectivity index is 1.75. The average molecular weight is 494 g/mol. The molecule has 2 heterocycles. The minimum Gasteiger partial charge on any atom is -0.494 e. The molecule has 3 aromatic rings. The maximum Gasteiger partial charge on any atom is 0.305 e. The second-order valence-corrected chi connectivity index (χ2v) is 9.28. The first-order valence-electron chi connectivity index (χ1n) is 10.7. The molecular formula is C25H23N3O4S2. The quantitative estimate of drug-likeness (QED) is 0.352. The fourth-order valence-electron chi connectivity index (χ4n) is 3.59. The lowest BCUT2D eigenvalue weighted by atomic mass is 10.0. The molecule has 1 N–H and O–H groups in total. The van der Waals surface area contributed by atoms with Gasteiger partial charge in [0.05, 0.1) is 23.6 Å². The highest BCUT2D eigenvalue weighted by molar-refractivity contribution is 8.26. The number of aryl methyl sites for hydroxylation is 1. The molecule has 0 aliphatic carbocycles. The largest absolute Gasteiger partial charge is 0.494 e. The predicted octanol–water partition coefficient (Wildman–Crippen LogP) is 4.92. The third-order valence-corrected chi connectivity index (χ3v) is 6.60. The van der Waals surface area contributed by atoms with Crippen LogP contribution in [0.1, 0.15) is 24.5 Å². The molecule has 2 aromatic carbocycles. The second kappa shape index (κ2) is 10.2. The summed E-state index contributed by atoms with van der Waals surface area (Å²) >= 11 is 6.50. The highest BCUT2D eigenvalue weighted by Crippen LogP contribution is 2.35. The van der Waals surface area contributed by atoms with Gasteiger partial charge in [-0.1, -0.05) is 42.2 Å². The summed E-state index contributed by atoms with van der Waals surface area (Å²) < 4.78 is 7.80. The van der Waals surface area contributed by atoms with Gasteiger partial charge in [-0.15, -0.1) is 0 Å². The van der Waals surface area contributed by atoms with Gasteiger partial charge in [0.2, 0.25) is 0 Å². The molecule has 0 spiro atoms. The van der Waals surface area contributed by atoms with Gasteiger partial charge in [0.25, 0.3) is 5.91 Å². The van der Waals surface area contributed by atoms with Crippen LogP contribution in [-0.2, 0) is 9.59 Å². The van der Waals surface area contributed by atoms with Crippen molar-refractivity contribution in [3.63, 3.8) is 0 Å². The van der Waals surface area contributed by atoms with Crippen molar-refractivity contribution in [2.45, 2.75) is 20.3 Å². The van der Waals surface area contributed by atoms with Gasteiger partial charge in [-0.2, -0.15) is 5.10 Å². The Hall–Kier alpha value is -3.43. The molecular weight excluding hydrogens is 470 g/mol. The number of carbonyl (C=O) groups excluding carboxylic acids is 1. The summed E-state index contributed by atoms with van der Waals surface area (Å²) in [6.07, 6.45) is 3.48. The molecule has 1 aromatic heterocycles. The fraction of sp³-hybridized carbons (Fsp3) is 0.200. The van der Waals surface area contributed by atoms with Gasteiger partial charge in [0.15, 0.2) is 0 Å². The van der Waals surface area contributed by atoms with Crippen LogP contribution >= 0.6 is 24.0 Å². The summed E-state index contributed by atoms with van der Waals surface area (Å²) in [7, 11) is 0. The smallest absolute Gasteiger partial charge is 0.305 e. The molecule has 0 bridgehead atoms. The SMILES string of the molecule is CCOc1ccc(-c2nn(-c3ccccc3)cc2C=C2SC(=S)N(CCC(=O)O)C2=O)cc1C. The number of hydrogen-bond donors (Lipinski definition) is 1. The van der Waals surface area contributed by atoms with E-state index in [-0.39, 0.29) is 18.9 Å². The third-order valence-electron chi connectivity index (χ3n) is 5.22. The van der Waals surface area contributed by atoms with Crippen molar-refractivity contribution in [2.75, 3.05) is 13.2 Å². The number of carbonyl (C=O) groups is 2. The van der Waals surface area contributed by atoms with E-state index in [1.807, 2.05) is 68.6 Å². The number of aliphatic carboxylic acids is 1. The van der Waals surface area contributed by atoms with E-state index < -0.39 is 5.97 Å². The van der Waals surface area contributed by atoms with Gasteiger partial charge >= 0.3 is 5.97 Å². The molecule has 0 atom stereocenters. The van der Waals surface area contributed by atoms with Crippen LogP contribution in [0.3, 0.4) is 0 Å². The Bertz CT molecular complexity index is 1280. The molecule has 4 rings (SSSR count). The average Bonchev–Trinajstić information content (AvgIpc) is 3.35. The molecule has 9 heteroatoms. The zero-order valence-electron chi connectivity index (χ0n) is 18.7. The molecule has 0 unspecified atom stereocenters.